The zero-order chi connectivity index (χ0) is 19.9. The molecule has 160 valence electrons. The van der Waals surface area contributed by atoms with Gasteiger partial charge in [0.2, 0.25) is 0 Å². The predicted molar refractivity (Wildman–Crippen MR) is 108 cm³/mol. The van der Waals surface area contributed by atoms with E-state index in [2.05, 4.69) is 6.92 Å². The summed E-state index contributed by atoms with van der Waals surface area (Å²) in [5, 5.41) is 19.3. The van der Waals surface area contributed by atoms with Crippen molar-refractivity contribution in [1.82, 2.24) is 0 Å². The molecule has 0 bridgehead atoms. The van der Waals surface area contributed by atoms with Gasteiger partial charge >= 0.3 is 5.97 Å². The minimum Gasteiger partial charge on any atom is -0.481 e. The molecule has 0 amide bonds. The van der Waals surface area contributed by atoms with Gasteiger partial charge in [-0.2, -0.15) is 0 Å². The summed E-state index contributed by atoms with van der Waals surface area (Å²) in [6, 6.07) is 0. The van der Waals surface area contributed by atoms with Crippen LogP contribution in [0.1, 0.15) is 104 Å². The van der Waals surface area contributed by atoms with Crippen molar-refractivity contribution < 1.29 is 24.5 Å². The Morgan fingerprint density at radius 3 is 2.26 bits per heavy atom. The molecule has 0 radical (unpaired) electrons. The van der Waals surface area contributed by atoms with Crippen molar-refractivity contribution in [3.05, 3.63) is 0 Å². The lowest BCUT2D eigenvalue weighted by molar-refractivity contribution is -0.195. The molecule has 27 heavy (non-hydrogen) atoms. The Morgan fingerprint density at radius 2 is 1.70 bits per heavy atom. The number of hydrogen-bond acceptors (Lipinski definition) is 4. The SMILES string of the molecule is CCCCCCCCCCCC(CC(O)C(C)C(=O)O)OC1CCCCO1. The highest BCUT2D eigenvalue weighted by atomic mass is 16.7. The first-order valence-electron chi connectivity index (χ1n) is 11.2. The molecule has 1 aliphatic rings. The molecule has 4 unspecified atom stereocenters. The van der Waals surface area contributed by atoms with Gasteiger partial charge in [-0.1, -0.05) is 64.7 Å². The van der Waals surface area contributed by atoms with Crippen molar-refractivity contribution in [1.29, 1.82) is 0 Å². The van der Waals surface area contributed by atoms with E-state index in [-0.39, 0.29) is 12.4 Å². The molecule has 1 fully saturated rings. The Balaban J connectivity index is 2.29. The van der Waals surface area contributed by atoms with E-state index in [1.165, 1.54) is 51.4 Å². The Labute approximate surface area is 165 Å². The van der Waals surface area contributed by atoms with Crippen molar-refractivity contribution >= 4 is 5.97 Å². The van der Waals surface area contributed by atoms with Gasteiger partial charge in [0.1, 0.15) is 0 Å². The molecule has 2 N–H and O–H groups in total. The largest absolute Gasteiger partial charge is 0.481 e. The zero-order valence-electron chi connectivity index (χ0n) is 17.5. The van der Waals surface area contributed by atoms with Crippen LogP contribution in [0, 0.1) is 5.92 Å². The lowest BCUT2D eigenvalue weighted by Crippen LogP contribution is -2.34. The van der Waals surface area contributed by atoms with Gasteiger partial charge in [-0.25, -0.2) is 0 Å². The summed E-state index contributed by atoms with van der Waals surface area (Å²) in [5.41, 5.74) is 0. The molecule has 1 heterocycles. The highest BCUT2D eigenvalue weighted by Gasteiger charge is 2.27. The van der Waals surface area contributed by atoms with Gasteiger partial charge in [0.05, 0.1) is 18.1 Å². The number of aliphatic hydroxyl groups excluding tert-OH is 1. The van der Waals surface area contributed by atoms with Crippen LogP contribution in [-0.2, 0) is 14.3 Å². The lowest BCUT2D eigenvalue weighted by atomic mass is 9.96. The van der Waals surface area contributed by atoms with Crippen LogP contribution in [0.4, 0.5) is 0 Å². The summed E-state index contributed by atoms with van der Waals surface area (Å²) in [6.07, 6.45) is 14.5. The maximum absolute atomic E-state index is 11.1. The van der Waals surface area contributed by atoms with E-state index in [0.29, 0.717) is 6.42 Å². The van der Waals surface area contributed by atoms with Crippen LogP contribution in [0.2, 0.25) is 0 Å². The van der Waals surface area contributed by atoms with E-state index in [1.807, 2.05) is 0 Å². The van der Waals surface area contributed by atoms with Crippen molar-refractivity contribution in [3.63, 3.8) is 0 Å². The third kappa shape index (κ3) is 11.7. The molecule has 0 aromatic carbocycles. The van der Waals surface area contributed by atoms with Gasteiger partial charge in [0, 0.05) is 13.0 Å². The third-order valence-electron chi connectivity index (χ3n) is 5.58. The fraction of sp³-hybridized carbons (Fsp3) is 0.955. The number of rotatable bonds is 16. The molecule has 1 rings (SSSR count). The maximum Gasteiger partial charge on any atom is 0.308 e. The molecule has 0 aromatic heterocycles. The van der Waals surface area contributed by atoms with E-state index < -0.39 is 18.0 Å². The number of carbonyl (C=O) groups is 1. The minimum absolute atomic E-state index is 0.130. The quantitative estimate of drug-likeness (QED) is 0.352. The van der Waals surface area contributed by atoms with E-state index in [1.54, 1.807) is 6.92 Å². The molecule has 5 nitrogen and oxygen atoms in total. The fourth-order valence-electron chi connectivity index (χ4n) is 3.60. The highest BCUT2D eigenvalue weighted by Crippen LogP contribution is 2.23. The van der Waals surface area contributed by atoms with Crippen LogP contribution in [0.3, 0.4) is 0 Å². The minimum atomic E-state index is -0.960. The molecular formula is C22H42O5. The normalized spacial score (nSPS) is 20.9. The summed E-state index contributed by atoms with van der Waals surface area (Å²) >= 11 is 0. The predicted octanol–water partition coefficient (Wildman–Crippen LogP) is 5.29. The first-order chi connectivity index (χ1) is 13.0. The Kier molecular flexibility index (Phi) is 13.8. The van der Waals surface area contributed by atoms with Crippen molar-refractivity contribution in [3.8, 4) is 0 Å². The van der Waals surface area contributed by atoms with E-state index in [9.17, 15) is 9.90 Å². The smallest absolute Gasteiger partial charge is 0.308 e. The van der Waals surface area contributed by atoms with Gasteiger partial charge < -0.3 is 19.7 Å². The van der Waals surface area contributed by atoms with Gasteiger partial charge in [0.25, 0.3) is 0 Å². The van der Waals surface area contributed by atoms with Gasteiger partial charge in [-0.3, -0.25) is 4.79 Å². The van der Waals surface area contributed by atoms with Gasteiger partial charge in [0.15, 0.2) is 6.29 Å². The standard InChI is InChI=1S/C22H42O5/c1-3-4-5-6-7-8-9-10-11-14-19(17-20(23)18(2)22(24)25)27-21-15-12-13-16-26-21/h18-21,23H,3-17H2,1-2H3,(H,24,25). The molecule has 0 aromatic rings. The number of unbranched alkanes of at least 4 members (excludes halogenated alkanes) is 8. The summed E-state index contributed by atoms with van der Waals surface area (Å²) in [6.45, 7) is 4.52. The Hall–Kier alpha value is -0.650. The first kappa shape index (κ1) is 24.4. The van der Waals surface area contributed by atoms with Crippen LogP contribution in [-0.4, -0.2) is 41.3 Å². The second kappa shape index (κ2) is 15.3. The summed E-state index contributed by atoms with van der Waals surface area (Å²) in [5.74, 6) is -1.73. The second-order valence-corrected chi connectivity index (χ2v) is 8.10. The number of hydrogen-bond donors (Lipinski definition) is 2. The monoisotopic (exact) mass is 386 g/mol. The number of carboxylic acids is 1. The average Bonchev–Trinajstić information content (AvgIpc) is 2.66. The van der Waals surface area contributed by atoms with E-state index in [0.717, 1.165) is 38.7 Å². The van der Waals surface area contributed by atoms with Crippen LogP contribution < -0.4 is 0 Å². The van der Waals surface area contributed by atoms with Gasteiger partial charge in [-0.15, -0.1) is 0 Å². The van der Waals surface area contributed by atoms with Crippen LogP contribution in [0.15, 0.2) is 0 Å². The average molecular weight is 387 g/mol. The van der Waals surface area contributed by atoms with Crippen molar-refractivity contribution in [2.45, 2.75) is 122 Å². The van der Waals surface area contributed by atoms with Crippen molar-refractivity contribution in [2.24, 2.45) is 5.92 Å². The maximum atomic E-state index is 11.1. The molecule has 0 saturated carbocycles. The molecule has 1 saturated heterocycles. The molecular weight excluding hydrogens is 344 g/mol. The highest BCUT2D eigenvalue weighted by molar-refractivity contribution is 5.70. The number of aliphatic hydroxyl groups is 1. The van der Waals surface area contributed by atoms with Gasteiger partial charge in [-0.05, 0) is 32.6 Å². The number of aliphatic carboxylic acids is 1. The van der Waals surface area contributed by atoms with Crippen LogP contribution in [0.25, 0.3) is 0 Å². The zero-order valence-corrected chi connectivity index (χ0v) is 17.5. The van der Waals surface area contributed by atoms with E-state index in [4.69, 9.17) is 14.6 Å². The molecule has 4 atom stereocenters. The first-order valence-corrected chi connectivity index (χ1v) is 11.2. The third-order valence-corrected chi connectivity index (χ3v) is 5.58. The summed E-state index contributed by atoms with van der Waals surface area (Å²) < 4.78 is 11.8. The lowest BCUT2D eigenvalue weighted by Gasteiger charge is -2.29. The summed E-state index contributed by atoms with van der Waals surface area (Å²) in [4.78, 5) is 11.1. The molecule has 5 heteroatoms. The van der Waals surface area contributed by atoms with Crippen LogP contribution in [0.5, 0.6) is 0 Å². The molecule has 0 aliphatic carbocycles. The molecule has 0 spiro atoms. The second-order valence-electron chi connectivity index (χ2n) is 8.10. The van der Waals surface area contributed by atoms with E-state index >= 15 is 0 Å². The van der Waals surface area contributed by atoms with Crippen molar-refractivity contribution in [2.75, 3.05) is 6.61 Å². The fourth-order valence-corrected chi connectivity index (χ4v) is 3.60. The topological polar surface area (TPSA) is 76.0 Å². The molecule has 1 aliphatic heterocycles. The Bertz CT molecular complexity index is 368. The van der Waals surface area contributed by atoms with Crippen LogP contribution >= 0.6 is 0 Å². The number of ether oxygens (including phenoxy) is 2. The summed E-state index contributed by atoms with van der Waals surface area (Å²) in [7, 11) is 0. The number of carboxylic acid groups (broad SMARTS) is 1. The Morgan fingerprint density at radius 1 is 1.07 bits per heavy atom.